The van der Waals surface area contributed by atoms with Crippen molar-refractivity contribution >= 4 is 17.5 Å². The first-order valence-corrected chi connectivity index (χ1v) is 5.74. The molecule has 0 heterocycles. The minimum absolute atomic E-state index is 0.0160. The zero-order valence-corrected chi connectivity index (χ0v) is 10.7. The van der Waals surface area contributed by atoms with Crippen LogP contribution in [0.5, 0.6) is 0 Å². The molecular formula is C13H17NO4. The summed E-state index contributed by atoms with van der Waals surface area (Å²) in [6, 6.07) is 1.79. The van der Waals surface area contributed by atoms with Crippen molar-refractivity contribution in [1.82, 2.24) is 0 Å². The molecule has 0 bridgehead atoms. The van der Waals surface area contributed by atoms with Gasteiger partial charge in [0.1, 0.15) is 0 Å². The zero-order valence-electron chi connectivity index (χ0n) is 10.7. The van der Waals surface area contributed by atoms with Crippen molar-refractivity contribution in [2.45, 2.75) is 45.6 Å². The maximum Gasteiger partial charge on any atom is 0.333 e. The molecule has 0 amide bonds. The van der Waals surface area contributed by atoms with Crippen LogP contribution in [0.25, 0.3) is 0 Å². The maximum atomic E-state index is 11.7. The molecule has 5 nitrogen and oxygen atoms in total. The third-order valence-corrected chi connectivity index (χ3v) is 2.18. The Bertz CT molecular complexity index is 392. The Hall–Kier alpha value is -1.96. The third-order valence-electron chi connectivity index (χ3n) is 2.18. The molecule has 18 heavy (non-hydrogen) atoms. The molecule has 1 unspecified atom stereocenters. The predicted molar refractivity (Wildman–Crippen MR) is 64.5 cm³/mol. The second-order valence-electron chi connectivity index (χ2n) is 3.91. The number of ether oxygens (including phenoxy) is 1. The monoisotopic (exact) mass is 251 g/mol. The summed E-state index contributed by atoms with van der Waals surface area (Å²) in [6.07, 6.45) is -0.329. The van der Waals surface area contributed by atoms with E-state index in [4.69, 9.17) is 10.00 Å². The molecular weight excluding hydrogens is 234 g/mol. The molecule has 0 spiro atoms. The van der Waals surface area contributed by atoms with Gasteiger partial charge in [0.25, 0.3) is 0 Å². The van der Waals surface area contributed by atoms with Crippen LogP contribution in [0.15, 0.2) is 12.2 Å². The van der Waals surface area contributed by atoms with Crippen molar-refractivity contribution in [2.75, 3.05) is 0 Å². The molecule has 0 radical (unpaired) electrons. The Kier molecular flexibility index (Phi) is 7.29. The van der Waals surface area contributed by atoms with Gasteiger partial charge in [-0.25, -0.2) is 4.79 Å². The second kappa shape index (κ2) is 8.18. The first-order valence-electron chi connectivity index (χ1n) is 5.74. The van der Waals surface area contributed by atoms with Crippen LogP contribution in [-0.2, 0) is 19.1 Å². The van der Waals surface area contributed by atoms with Gasteiger partial charge in [-0.3, -0.25) is 9.59 Å². The Morgan fingerprint density at radius 3 is 2.44 bits per heavy atom. The minimum atomic E-state index is -1.06. The lowest BCUT2D eigenvalue weighted by Gasteiger charge is -2.15. The van der Waals surface area contributed by atoms with Crippen LogP contribution in [0.1, 0.15) is 39.5 Å². The number of carbonyl (C=O) groups excluding carboxylic acids is 3. The first kappa shape index (κ1) is 16.0. The predicted octanol–water partition coefficient (Wildman–Crippen LogP) is 1.72. The summed E-state index contributed by atoms with van der Waals surface area (Å²) in [7, 11) is 0. The molecule has 0 aliphatic rings. The number of ketones is 2. The lowest BCUT2D eigenvalue weighted by Crippen LogP contribution is -2.33. The van der Waals surface area contributed by atoms with Crippen molar-refractivity contribution in [2.24, 2.45) is 0 Å². The van der Waals surface area contributed by atoms with Crippen LogP contribution in [0.2, 0.25) is 0 Å². The highest BCUT2D eigenvalue weighted by atomic mass is 16.5. The highest BCUT2D eigenvalue weighted by molar-refractivity contribution is 6.39. The fourth-order valence-electron chi connectivity index (χ4n) is 1.21. The Balaban J connectivity index is 4.63. The lowest BCUT2D eigenvalue weighted by atomic mass is 10.0. The van der Waals surface area contributed by atoms with Crippen LogP contribution in [0.4, 0.5) is 0 Å². The second-order valence-corrected chi connectivity index (χ2v) is 3.91. The van der Waals surface area contributed by atoms with Gasteiger partial charge in [0, 0.05) is 18.4 Å². The van der Waals surface area contributed by atoms with Crippen molar-refractivity contribution in [3.8, 4) is 6.07 Å². The Labute approximate surface area is 106 Å². The molecule has 0 aliphatic carbocycles. The number of nitriles is 1. The zero-order chi connectivity index (χ0) is 14.1. The number of hydrogen-bond acceptors (Lipinski definition) is 5. The van der Waals surface area contributed by atoms with E-state index in [9.17, 15) is 14.4 Å². The van der Waals surface area contributed by atoms with E-state index in [1.165, 1.54) is 6.92 Å². The summed E-state index contributed by atoms with van der Waals surface area (Å²) in [5, 5.41) is 8.35. The van der Waals surface area contributed by atoms with E-state index in [2.05, 4.69) is 6.58 Å². The van der Waals surface area contributed by atoms with Crippen molar-refractivity contribution < 1.29 is 19.1 Å². The van der Waals surface area contributed by atoms with Crippen LogP contribution < -0.4 is 0 Å². The van der Waals surface area contributed by atoms with Gasteiger partial charge < -0.3 is 4.74 Å². The molecule has 0 saturated carbocycles. The van der Waals surface area contributed by atoms with E-state index < -0.39 is 23.6 Å². The number of esters is 1. The van der Waals surface area contributed by atoms with Gasteiger partial charge in [-0.15, -0.1) is 0 Å². The molecule has 0 fully saturated rings. The highest BCUT2D eigenvalue weighted by Crippen LogP contribution is 2.09. The normalized spacial score (nSPS) is 11.2. The van der Waals surface area contributed by atoms with E-state index in [-0.39, 0.29) is 24.8 Å². The molecule has 0 N–H and O–H groups in total. The van der Waals surface area contributed by atoms with Gasteiger partial charge in [0.05, 0.1) is 6.07 Å². The van der Waals surface area contributed by atoms with E-state index in [1.807, 2.05) is 6.92 Å². The smallest absolute Gasteiger partial charge is 0.333 e. The van der Waals surface area contributed by atoms with Gasteiger partial charge in [-0.1, -0.05) is 19.9 Å². The quantitative estimate of drug-likeness (QED) is 0.372. The van der Waals surface area contributed by atoms with Gasteiger partial charge in [0.15, 0.2) is 6.10 Å². The fraction of sp³-hybridized carbons (Fsp3) is 0.538. The van der Waals surface area contributed by atoms with Crippen LogP contribution in [0.3, 0.4) is 0 Å². The van der Waals surface area contributed by atoms with Gasteiger partial charge in [-0.05, 0) is 13.3 Å². The van der Waals surface area contributed by atoms with Gasteiger partial charge in [0.2, 0.25) is 11.6 Å². The summed E-state index contributed by atoms with van der Waals surface area (Å²) in [5.41, 5.74) is 0.174. The number of rotatable bonds is 8. The molecule has 98 valence electrons. The van der Waals surface area contributed by atoms with E-state index in [0.29, 0.717) is 6.42 Å². The summed E-state index contributed by atoms with van der Waals surface area (Å²) < 4.78 is 4.92. The van der Waals surface area contributed by atoms with E-state index >= 15 is 0 Å². The Morgan fingerprint density at radius 1 is 1.39 bits per heavy atom. The number of nitrogens with zero attached hydrogens (tertiary/aromatic N) is 1. The summed E-state index contributed by atoms with van der Waals surface area (Å²) in [4.78, 5) is 34.5. The number of Topliss-reactive ketones (excluding diaryl/α,β-unsaturated/α-hetero) is 2. The average Bonchev–Trinajstić information content (AvgIpc) is 2.34. The lowest BCUT2D eigenvalue weighted by molar-refractivity contribution is -0.154. The molecule has 0 rings (SSSR count). The maximum absolute atomic E-state index is 11.7. The van der Waals surface area contributed by atoms with Gasteiger partial charge >= 0.3 is 5.97 Å². The SMILES string of the molecule is C=C(C)C(=O)OC(CCC)C(=O)C(=O)CCC#N. The Morgan fingerprint density at radius 2 is 2.00 bits per heavy atom. The van der Waals surface area contributed by atoms with E-state index in [1.54, 1.807) is 6.07 Å². The van der Waals surface area contributed by atoms with Crippen molar-refractivity contribution in [1.29, 1.82) is 5.26 Å². The average molecular weight is 251 g/mol. The standard InChI is InChI=1S/C13H17NO4/c1-4-6-11(18-13(17)9(2)3)12(16)10(15)7-5-8-14/h11H,2,4-7H2,1,3H3. The molecule has 0 aromatic carbocycles. The molecule has 0 saturated heterocycles. The van der Waals surface area contributed by atoms with Crippen molar-refractivity contribution in [3.63, 3.8) is 0 Å². The fourth-order valence-corrected chi connectivity index (χ4v) is 1.21. The number of carbonyl (C=O) groups is 3. The summed E-state index contributed by atoms with van der Waals surface area (Å²) in [5.74, 6) is -2.11. The third kappa shape index (κ3) is 5.39. The van der Waals surface area contributed by atoms with Gasteiger partial charge in [-0.2, -0.15) is 5.26 Å². The summed E-state index contributed by atoms with van der Waals surface area (Å²) in [6.45, 7) is 6.69. The summed E-state index contributed by atoms with van der Waals surface area (Å²) >= 11 is 0. The van der Waals surface area contributed by atoms with Crippen LogP contribution >= 0.6 is 0 Å². The highest BCUT2D eigenvalue weighted by Gasteiger charge is 2.27. The molecule has 0 aromatic heterocycles. The largest absolute Gasteiger partial charge is 0.450 e. The molecule has 0 aliphatic heterocycles. The molecule has 1 atom stereocenters. The first-order chi connectivity index (χ1) is 8.43. The van der Waals surface area contributed by atoms with Crippen LogP contribution in [0, 0.1) is 11.3 Å². The number of hydrogen-bond donors (Lipinski definition) is 0. The van der Waals surface area contributed by atoms with Crippen molar-refractivity contribution in [3.05, 3.63) is 12.2 Å². The van der Waals surface area contributed by atoms with E-state index in [0.717, 1.165) is 0 Å². The molecule has 0 aromatic rings. The minimum Gasteiger partial charge on any atom is -0.450 e. The topological polar surface area (TPSA) is 84.2 Å². The molecule has 5 heteroatoms. The van der Waals surface area contributed by atoms with Crippen LogP contribution in [-0.4, -0.2) is 23.6 Å².